The molecular weight excluding hydrogens is 400 g/mol. The number of hydrogen-bond donors (Lipinski definition) is 0. The van der Waals surface area contributed by atoms with Crippen LogP contribution in [0.4, 0.5) is 0 Å². The third-order valence-corrected chi connectivity index (χ3v) is 4.17. The van der Waals surface area contributed by atoms with E-state index >= 15 is 0 Å². The Labute approximate surface area is 168 Å². The second kappa shape index (κ2) is 8.11. The van der Waals surface area contributed by atoms with Crippen LogP contribution in [0.1, 0.15) is 5.89 Å². The average molecular weight is 413 g/mol. The highest BCUT2D eigenvalue weighted by Crippen LogP contribution is 2.24. The maximum absolute atomic E-state index is 12.0. The fraction of sp³-hybridized carbons (Fsp3) is 0.105. The number of nitrogens with zero attached hydrogens (tertiary/aromatic N) is 4. The topological polar surface area (TPSA) is 113 Å². The van der Waals surface area contributed by atoms with Crippen LogP contribution in [0.25, 0.3) is 22.8 Å². The smallest absolute Gasteiger partial charge is 0.437 e. The van der Waals surface area contributed by atoms with Gasteiger partial charge in [0.05, 0.1) is 5.02 Å². The molecule has 0 fully saturated rings. The van der Waals surface area contributed by atoms with E-state index in [0.29, 0.717) is 16.1 Å². The van der Waals surface area contributed by atoms with Crippen LogP contribution in [0.5, 0.6) is 0 Å². The van der Waals surface area contributed by atoms with E-state index in [4.69, 9.17) is 25.3 Å². The number of carbonyl (C=O) groups excluding carboxylic acids is 1. The summed E-state index contributed by atoms with van der Waals surface area (Å²) in [5.74, 6) is -0.991. The van der Waals surface area contributed by atoms with Gasteiger partial charge < -0.3 is 13.7 Å². The van der Waals surface area contributed by atoms with E-state index in [0.717, 1.165) is 4.68 Å². The molecule has 0 unspecified atom stereocenters. The molecule has 0 N–H and O–H groups in total. The molecule has 0 aliphatic rings. The Morgan fingerprint density at radius 2 is 1.86 bits per heavy atom. The first-order valence-corrected chi connectivity index (χ1v) is 8.84. The lowest BCUT2D eigenvalue weighted by Crippen LogP contribution is -2.23. The minimum atomic E-state index is -0.764. The quantitative estimate of drug-likeness (QED) is 0.444. The SMILES string of the molecule is O=C(Cn1nc(-c2ccccc2)oc1=O)OCc1nc(-c2ccccc2Cl)no1. The molecule has 0 atom stereocenters. The standard InChI is InChI=1S/C19H13ClN4O5/c20-14-9-5-4-8-13(14)17-21-15(29-23-17)11-27-16(25)10-24-19(26)28-18(22-24)12-6-2-1-3-7-12/h1-9H,10-11H2. The van der Waals surface area contributed by atoms with Gasteiger partial charge in [0.2, 0.25) is 11.7 Å². The number of hydrogen-bond acceptors (Lipinski definition) is 8. The van der Waals surface area contributed by atoms with Crippen molar-refractivity contribution in [3.8, 4) is 22.8 Å². The van der Waals surface area contributed by atoms with Gasteiger partial charge in [-0.3, -0.25) is 4.79 Å². The number of ether oxygens (including phenoxy) is 1. The Kier molecular flexibility index (Phi) is 5.21. The number of carbonyl (C=O) groups is 1. The van der Waals surface area contributed by atoms with Crippen LogP contribution in [0.2, 0.25) is 5.02 Å². The van der Waals surface area contributed by atoms with E-state index in [1.165, 1.54) is 0 Å². The van der Waals surface area contributed by atoms with Crippen molar-refractivity contribution < 1.29 is 18.5 Å². The summed E-state index contributed by atoms with van der Waals surface area (Å²) in [6, 6.07) is 15.9. The number of aromatic nitrogens is 4. The van der Waals surface area contributed by atoms with Crippen LogP contribution in [-0.2, 0) is 22.7 Å². The first kappa shape index (κ1) is 18.6. The Bertz CT molecular complexity index is 1200. The molecule has 0 radical (unpaired) electrons. The van der Waals surface area contributed by atoms with E-state index in [9.17, 15) is 9.59 Å². The minimum Gasteiger partial charge on any atom is -0.454 e. The number of benzene rings is 2. The third kappa shape index (κ3) is 4.25. The van der Waals surface area contributed by atoms with Crippen molar-refractivity contribution >= 4 is 17.6 Å². The number of esters is 1. The maximum Gasteiger partial charge on any atom is 0.437 e. The molecule has 2 aromatic carbocycles. The Balaban J connectivity index is 1.38. The van der Waals surface area contributed by atoms with Crippen LogP contribution in [0.15, 0.2) is 68.3 Å². The summed E-state index contributed by atoms with van der Waals surface area (Å²) in [7, 11) is 0. The zero-order chi connectivity index (χ0) is 20.2. The summed E-state index contributed by atoms with van der Waals surface area (Å²) >= 11 is 6.09. The monoisotopic (exact) mass is 412 g/mol. The second-order valence-electron chi connectivity index (χ2n) is 5.85. The van der Waals surface area contributed by atoms with Gasteiger partial charge in [-0.05, 0) is 24.3 Å². The van der Waals surface area contributed by atoms with Crippen LogP contribution in [0.3, 0.4) is 0 Å². The van der Waals surface area contributed by atoms with Gasteiger partial charge in [-0.25, -0.2) is 4.79 Å². The molecule has 0 spiro atoms. The maximum atomic E-state index is 12.0. The van der Waals surface area contributed by atoms with E-state index in [2.05, 4.69) is 15.2 Å². The highest BCUT2D eigenvalue weighted by Gasteiger charge is 2.16. The van der Waals surface area contributed by atoms with Gasteiger partial charge in [0, 0.05) is 11.1 Å². The fourth-order valence-corrected chi connectivity index (χ4v) is 2.70. The second-order valence-corrected chi connectivity index (χ2v) is 6.26. The van der Waals surface area contributed by atoms with Crippen molar-refractivity contribution in [2.45, 2.75) is 13.2 Å². The van der Waals surface area contributed by atoms with Crippen molar-refractivity contribution in [2.75, 3.05) is 0 Å². The van der Waals surface area contributed by atoms with E-state index < -0.39 is 18.3 Å². The Morgan fingerprint density at radius 1 is 1.10 bits per heavy atom. The molecule has 4 aromatic rings. The number of rotatable bonds is 6. The third-order valence-electron chi connectivity index (χ3n) is 3.85. The molecule has 9 nitrogen and oxygen atoms in total. The van der Waals surface area contributed by atoms with E-state index in [-0.39, 0.29) is 24.2 Å². The van der Waals surface area contributed by atoms with Crippen LogP contribution in [-0.4, -0.2) is 25.9 Å². The predicted molar refractivity (Wildman–Crippen MR) is 101 cm³/mol. The molecule has 0 aliphatic carbocycles. The van der Waals surface area contributed by atoms with Crippen molar-refractivity contribution in [1.29, 1.82) is 0 Å². The lowest BCUT2D eigenvalue weighted by molar-refractivity contribution is -0.146. The molecular formula is C19H13ClN4O5. The fourth-order valence-electron chi connectivity index (χ4n) is 2.48. The van der Waals surface area contributed by atoms with Crippen LogP contribution < -0.4 is 5.76 Å². The molecule has 10 heteroatoms. The molecule has 2 heterocycles. The van der Waals surface area contributed by atoms with Gasteiger partial charge in [0.15, 0.2) is 6.61 Å². The largest absolute Gasteiger partial charge is 0.454 e. The summed E-state index contributed by atoms with van der Waals surface area (Å²) in [4.78, 5) is 28.1. The lowest BCUT2D eigenvalue weighted by Gasteiger charge is -2.00. The number of halogens is 1. The van der Waals surface area contributed by atoms with Crippen LogP contribution in [0, 0.1) is 0 Å². The Morgan fingerprint density at radius 3 is 2.66 bits per heavy atom. The zero-order valence-electron chi connectivity index (χ0n) is 14.8. The molecule has 4 rings (SSSR count). The van der Waals surface area contributed by atoms with Crippen molar-refractivity contribution in [1.82, 2.24) is 19.9 Å². The molecule has 146 valence electrons. The molecule has 29 heavy (non-hydrogen) atoms. The van der Waals surface area contributed by atoms with Gasteiger partial charge in [-0.2, -0.15) is 9.67 Å². The highest BCUT2D eigenvalue weighted by molar-refractivity contribution is 6.33. The first-order valence-electron chi connectivity index (χ1n) is 8.46. The normalized spacial score (nSPS) is 10.8. The van der Waals surface area contributed by atoms with Gasteiger partial charge >= 0.3 is 11.7 Å². The average Bonchev–Trinajstić information content (AvgIpc) is 3.35. The summed E-state index contributed by atoms with van der Waals surface area (Å²) < 4.78 is 16.1. The van der Waals surface area contributed by atoms with Gasteiger partial charge in [0.1, 0.15) is 6.54 Å². The van der Waals surface area contributed by atoms with Gasteiger partial charge in [-0.1, -0.05) is 47.1 Å². The van der Waals surface area contributed by atoms with Crippen LogP contribution >= 0.6 is 11.6 Å². The zero-order valence-corrected chi connectivity index (χ0v) is 15.6. The van der Waals surface area contributed by atoms with Crippen molar-refractivity contribution in [3.05, 3.63) is 76.1 Å². The molecule has 0 bridgehead atoms. The molecule has 2 aromatic heterocycles. The van der Waals surface area contributed by atoms with Gasteiger partial charge in [-0.15, -0.1) is 5.10 Å². The lowest BCUT2D eigenvalue weighted by atomic mass is 10.2. The first-order chi connectivity index (χ1) is 14.1. The molecule has 0 amide bonds. The summed E-state index contributed by atoms with van der Waals surface area (Å²) in [6.07, 6.45) is 0. The van der Waals surface area contributed by atoms with Crippen molar-refractivity contribution in [2.24, 2.45) is 0 Å². The molecule has 0 saturated heterocycles. The molecule has 0 saturated carbocycles. The minimum absolute atomic E-state index is 0.0887. The highest BCUT2D eigenvalue weighted by atomic mass is 35.5. The predicted octanol–water partition coefficient (Wildman–Crippen LogP) is 2.95. The van der Waals surface area contributed by atoms with E-state index in [1.807, 2.05) is 6.07 Å². The summed E-state index contributed by atoms with van der Waals surface area (Å²) in [6.45, 7) is -0.672. The summed E-state index contributed by atoms with van der Waals surface area (Å²) in [5, 5.41) is 8.28. The summed E-state index contributed by atoms with van der Waals surface area (Å²) in [5.41, 5.74) is 1.22. The van der Waals surface area contributed by atoms with Crippen molar-refractivity contribution in [3.63, 3.8) is 0 Å². The molecule has 0 aliphatic heterocycles. The van der Waals surface area contributed by atoms with E-state index in [1.54, 1.807) is 48.5 Å². The van der Waals surface area contributed by atoms with Gasteiger partial charge in [0.25, 0.3) is 5.89 Å². The Hall–Kier alpha value is -3.72.